The third kappa shape index (κ3) is 3.11. The van der Waals surface area contributed by atoms with Crippen LogP contribution in [0.4, 0.5) is 5.95 Å². The molecular weight excluding hydrogens is 280 g/mol. The highest BCUT2D eigenvalue weighted by atomic mass is 32.2. The highest BCUT2D eigenvalue weighted by Gasteiger charge is 2.19. The number of benzene rings is 1. The average Bonchev–Trinajstić information content (AvgIpc) is 2.81. The Morgan fingerprint density at radius 2 is 2.15 bits per heavy atom. The Morgan fingerprint density at radius 1 is 1.40 bits per heavy atom. The zero-order valence-corrected chi connectivity index (χ0v) is 11.4. The second-order valence-electron chi connectivity index (χ2n) is 3.71. The van der Waals surface area contributed by atoms with E-state index in [9.17, 15) is 8.42 Å². The maximum atomic E-state index is 12.3. The van der Waals surface area contributed by atoms with Crippen LogP contribution >= 0.6 is 0 Å². The summed E-state index contributed by atoms with van der Waals surface area (Å²) in [7, 11) is -2.30. The van der Waals surface area contributed by atoms with Gasteiger partial charge in [0.05, 0.1) is 13.6 Å². The topological polar surface area (TPSA) is 116 Å². The molecule has 0 aliphatic heterocycles. The van der Waals surface area contributed by atoms with E-state index in [2.05, 4.69) is 32.0 Å². The van der Waals surface area contributed by atoms with Crippen molar-refractivity contribution in [1.82, 2.24) is 20.2 Å². The predicted molar refractivity (Wildman–Crippen MR) is 72.0 cm³/mol. The van der Waals surface area contributed by atoms with Crippen LogP contribution in [0.15, 0.2) is 29.2 Å². The first kappa shape index (κ1) is 14.0. The first-order valence-corrected chi connectivity index (χ1v) is 7.06. The number of nitrogens with two attached hydrogens (primary N) is 1. The van der Waals surface area contributed by atoms with Crippen LogP contribution in [0.2, 0.25) is 0 Å². The smallest absolute Gasteiger partial charge is 0.277 e. The fourth-order valence-corrected chi connectivity index (χ4v) is 2.55. The van der Waals surface area contributed by atoms with E-state index in [-0.39, 0.29) is 17.4 Å². The minimum Gasteiger partial charge on any atom is -0.320 e. The summed E-state index contributed by atoms with van der Waals surface area (Å²) in [4.78, 5) is 1.19. The molecule has 0 bridgehead atoms. The Kier molecular flexibility index (Phi) is 3.97. The number of aryl methyl sites for hydroxylation is 1. The molecule has 1 aromatic carbocycles. The van der Waals surface area contributed by atoms with E-state index < -0.39 is 10.0 Å². The molecule has 0 fully saturated rings. The van der Waals surface area contributed by atoms with E-state index >= 15 is 0 Å². The van der Waals surface area contributed by atoms with Gasteiger partial charge in [0.15, 0.2) is 0 Å². The van der Waals surface area contributed by atoms with Crippen LogP contribution in [0.25, 0.3) is 0 Å². The molecule has 0 unspecified atom stereocenters. The third-order valence-electron chi connectivity index (χ3n) is 2.24. The van der Waals surface area contributed by atoms with Gasteiger partial charge < -0.3 is 5.73 Å². The lowest BCUT2D eigenvalue weighted by Crippen LogP contribution is -2.15. The van der Waals surface area contributed by atoms with Crippen molar-refractivity contribution in [2.75, 3.05) is 11.3 Å². The van der Waals surface area contributed by atoms with E-state index in [0.717, 1.165) is 4.80 Å². The maximum absolute atomic E-state index is 12.3. The Hall–Kier alpha value is -2.44. The summed E-state index contributed by atoms with van der Waals surface area (Å²) in [6, 6.07) is 6.34. The van der Waals surface area contributed by atoms with E-state index in [1.54, 1.807) is 18.2 Å². The van der Waals surface area contributed by atoms with Gasteiger partial charge in [-0.2, -0.15) is 4.80 Å². The van der Waals surface area contributed by atoms with Crippen molar-refractivity contribution in [3.63, 3.8) is 0 Å². The monoisotopic (exact) mass is 292 g/mol. The van der Waals surface area contributed by atoms with Crippen LogP contribution in [0.5, 0.6) is 0 Å². The van der Waals surface area contributed by atoms with Gasteiger partial charge in [-0.05, 0) is 17.3 Å². The zero-order valence-electron chi connectivity index (χ0n) is 10.6. The van der Waals surface area contributed by atoms with Gasteiger partial charge in [0, 0.05) is 5.56 Å². The first-order chi connectivity index (χ1) is 9.53. The number of hydrogen-bond acceptors (Lipinski definition) is 6. The van der Waals surface area contributed by atoms with E-state index in [4.69, 9.17) is 5.73 Å². The normalized spacial score (nSPS) is 10.7. The van der Waals surface area contributed by atoms with Crippen LogP contribution in [0.3, 0.4) is 0 Å². The van der Waals surface area contributed by atoms with Crippen molar-refractivity contribution < 1.29 is 8.42 Å². The maximum Gasteiger partial charge on any atom is 0.277 e. The second kappa shape index (κ2) is 5.68. The summed E-state index contributed by atoms with van der Waals surface area (Å²) in [5.74, 6) is 5.23. The molecule has 9 heteroatoms. The molecule has 0 atom stereocenters. The summed E-state index contributed by atoms with van der Waals surface area (Å²) in [5.41, 5.74) is 5.65. The van der Waals surface area contributed by atoms with Crippen molar-refractivity contribution in [3.8, 4) is 11.8 Å². The van der Waals surface area contributed by atoms with Gasteiger partial charge in [-0.3, -0.25) is 0 Å². The molecule has 20 heavy (non-hydrogen) atoms. The summed E-state index contributed by atoms with van der Waals surface area (Å²) < 4.78 is 26.8. The van der Waals surface area contributed by atoms with Gasteiger partial charge in [-0.25, -0.2) is 13.1 Å². The number of rotatable bonds is 3. The van der Waals surface area contributed by atoms with Gasteiger partial charge in [0.1, 0.15) is 4.90 Å². The molecule has 0 aliphatic rings. The van der Waals surface area contributed by atoms with Gasteiger partial charge in [-0.1, -0.05) is 29.1 Å². The van der Waals surface area contributed by atoms with Crippen LogP contribution in [0.1, 0.15) is 5.56 Å². The second-order valence-corrected chi connectivity index (χ2v) is 5.36. The summed E-state index contributed by atoms with van der Waals surface area (Å²) >= 11 is 0. The van der Waals surface area contributed by atoms with Crippen molar-refractivity contribution in [2.45, 2.75) is 4.90 Å². The number of anilines is 1. The molecular formula is C11H12N6O2S. The predicted octanol–water partition coefficient (Wildman–Crippen LogP) is -0.679. The van der Waals surface area contributed by atoms with Crippen molar-refractivity contribution >= 4 is 16.0 Å². The summed E-state index contributed by atoms with van der Waals surface area (Å²) in [6.07, 6.45) is 0. The number of aromatic nitrogens is 4. The number of tetrazole rings is 1. The number of sulfonamides is 1. The fourth-order valence-electron chi connectivity index (χ4n) is 1.45. The summed E-state index contributed by atoms with van der Waals surface area (Å²) in [6.45, 7) is 0.146. The number of nitrogens with zero attached hydrogens (tertiary/aromatic N) is 4. The minimum atomic E-state index is -3.83. The standard InChI is InChI=1S/C11H12N6O2S/c1-17-14-11(13-16-17)15-20(18,19)10-7-3-2-5-9(10)6-4-8-12/h2-3,5,7H,8,12H2,1H3,(H,14,15). The molecule has 1 aromatic heterocycles. The van der Waals surface area contributed by atoms with E-state index in [1.807, 2.05) is 0 Å². The lowest BCUT2D eigenvalue weighted by Gasteiger charge is -2.06. The average molecular weight is 292 g/mol. The molecule has 0 spiro atoms. The molecule has 0 radical (unpaired) electrons. The minimum absolute atomic E-state index is 0.0356. The van der Waals surface area contributed by atoms with Gasteiger partial charge in [-0.15, -0.1) is 5.10 Å². The van der Waals surface area contributed by atoms with Crippen LogP contribution in [0, 0.1) is 11.8 Å². The van der Waals surface area contributed by atoms with Crippen LogP contribution < -0.4 is 10.5 Å². The molecule has 2 rings (SSSR count). The van der Waals surface area contributed by atoms with Gasteiger partial charge in [0.25, 0.3) is 16.0 Å². The van der Waals surface area contributed by atoms with E-state index in [0.29, 0.717) is 5.56 Å². The lowest BCUT2D eigenvalue weighted by molar-refractivity contribution is 0.600. The van der Waals surface area contributed by atoms with E-state index in [1.165, 1.54) is 13.1 Å². The highest BCUT2D eigenvalue weighted by molar-refractivity contribution is 7.92. The fraction of sp³-hybridized carbons (Fsp3) is 0.182. The van der Waals surface area contributed by atoms with Gasteiger partial charge >= 0.3 is 0 Å². The molecule has 0 aliphatic carbocycles. The molecule has 8 nitrogen and oxygen atoms in total. The third-order valence-corrected chi connectivity index (χ3v) is 3.62. The Balaban J connectivity index is 2.39. The lowest BCUT2D eigenvalue weighted by atomic mass is 10.2. The van der Waals surface area contributed by atoms with Crippen LogP contribution in [-0.2, 0) is 17.1 Å². The molecule has 1 heterocycles. The molecule has 2 aromatic rings. The van der Waals surface area contributed by atoms with Crippen molar-refractivity contribution in [3.05, 3.63) is 29.8 Å². The van der Waals surface area contributed by atoms with Crippen molar-refractivity contribution in [2.24, 2.45) is 12.8 Å². The Bertz CT molecular complexity index is 771. The highest BCUT2D eigenvalue weighted by Crippen LogP contribution is 2.16. The molecule has 0 amide bonds. The van der Waals surface area contributed by atoms with Crippen molar-refractivity contribution in [1.29, 1.82) is 0 Å². The molecule has 104 valence electrons. The Morgan fingerprint density at radius 3 is 2.80 bits per heavy atom. The number of nitrogens with one attached hydrogen (secondary N) is 1. The van der Waals surface area contributed by atoms with Crippen LogP contribution in [-0.4, -0.2) is 35.2 Å². The quantitative estimate of drug-likeness (QED) is 0.724. The summed E-state index contributed by atoms with van der Waals surface area (Å²) in [5, 5.41) is 10.9. The van der Waals surface area contributed by atoms with Gasteiger partial charge in [0.2, 0.25) is 0 Å². The Labute approximate surface area is 116 Å². The molecule has 0 saturated heterocycles. The zero-order chi connectivity index (χ0) is 14.6. The molecule has 0 saturated carbocycles. The molecule has 3 N–H and O–H groups in total. The first-order valence-electron chi connectivity index (χ1n) is 5.58. The largest absolute Gasteiger partial charge is 0.320 e. The SMILES string of the molecule is Cn1nnc(NS(=O)(=O)c2ccccc2C#CCN)n1. The number of hydrogen-bond donors (Lipinski definition) is 2.